The predicted octanol–water partition coefficient (Wildman–Crippen LogP) is 1.79. The summed E-state index contributed by atoms with van der Waals surface area (Å²) < 4.78 is 13.6. The van der Waals surface area contributed by atoms with Crippen molar-refractivity contribution in [3.8, 4) is 11.5 Å². The third kappa shape index (κ3) is 6.08. The van der Waals surface area contributed by atoms with Gasteiger partial charge in [0.1, 0.15) is 18.1 Å². The van der Waals surface area contributed by atoms with E-state index in [1.807, 2.05) is 0 Å². The third-order valence-electron chi connectivity index (χ3n) is 2.13. The number of phenols is 1. The largest absolute Gasteiger partial charge is 0.508 e. The lowest BCUT2D eigenvalue weighted by Crippen LogP contribution is -2.04. The summed E-state index contributed by atoms with van der Waals surface area (Å²) in [4.78, 5) is 11.4. The third-order valence-corrected chi connectivity index (χ3v) is 2.69. The van der Waals surface area contributed by atoms with Crippen molar-refractivity contribution >= 4 is 35.0 Å². The number of halogens is 1. The Bertz CT molecular complexity index is 484. The molecule has 0 atom stereocenters. The Morgan fingerprint density at radius 1 is 1.47 bits per heavy atom. The van der Waals surface area contributed by atoms with E-state index in [-0.39, 0.29) is 18.3 Å². The summed E-state index contributed by atoms with van der Waals surface area (Å²) in [7, 11) is 0. The minimum atomic E-state index is -0.274. The van der Waals surface area contributed by atoms with Gasteiger partial charge in [0.05, 0.1) is 0 Å². The Hall–Kier alpha value is -1.78. The van der Waals surface area contributed by atoms with Gasteiger partial charge >= 0.3 is 12.4 Å². The van der Waals surface area contributed by atoms with Gasteiger partial charge in [-0.1, -0.05) is 20.6 Å². The number of phenolic OH excluding ortho intramolecular Hbond substituents is 1. The Kier molecular flexibility index (Phi) is 6.71. The first kappa shape index (κ1) is 15.3. The van der Waals surface area contributed by atoms with E-state index in [1.165, 1.54) is 12.1 Å². The Labute approximate surface area is 119 Å². The van der Waals surface area contributed by atoms with E-state index < -0.39 is 0 Å². The van der Waals surface area contributed by atoms with Crippen LogP contribution in [0.5, 0.6) is 11.5 Å². The van der Waals surface area contributed by atoms with Gasteiger partial charge in [-0.3, -0.25) is 4.79 Å². The molecule has 102 valence electrons. The molecule has 5 nitrogen and oxygen atoms in total. The number of carbonyl (C=O) groups is 1. The van der Waals surface area contributed by atoms with Crippen molar-refractivity contribution in [2.45, 2.75) is 19.4 Å². The maximum absolute atomic E-state index is 11.4. The van der Waals surface area contributed by atoms with Gasteiger partial charge in [-0.05, 0) is 24.1 Å². The fourth-order valence-electron chi connectivity index (χ4n) is 1.34. The van der Waals surface area contributed by atoms with Gasteiger partial charge in [0.15, 0.2) is 0 Å². The molecule has 0 bridgehead atoms. The van der Waals surface area contributed by atoms with E-state index in [4.69, 9.17) is 9.47 Å². The molecular formula is C13H15BrNO4+. The van der Waals surface area contributed by atoms with Gasteiger partial charge in [0, 0.05) is 17.8 Å². The standard InChI is InChI=1S/C13H14BrNO4/c1-15-9-19-12-6-10(5-11(16)7-12)8-18-13(17)3-2-4-14/h5-7,9H,1-4,8H2/p+1. The van der Waals surface area contributed by atoms with Crippen LogP contribution in [0, 0.1) is 0 Å². The van der Waals surface area contributed by atoms with Crippen LogP contribution in [0.3, 0.4) is 0 Å². The quantitative estimate of drug-likeness (QED) is 0.272. The van der Waals surface area contributed by atoms with Crippen molar-refractivity contribution in [2.75, 3.05) is 5.33 Å². The van der Waals surface area contributed by atoms with Crippen LogP contribution >= 0.6 is 15.9 Å². The zero-order chi connectivity index (χ0) is 14.1. The first-order valence-corrected chi connectivity index (χ1v) is 6.76. The molecule has 1 aromatic carbocycles. The summed E-state index contributed by atoms with van der Waals surface area (Å²) in [6.45, 7) is 3.33. The molecule has 19 heavy (non-hydrogen) atoms. The lowest BCUT2D eigenvalue weighted by atomic mass is 10.2. The number of hydrogen-bond donors (Lipinski definition) is 1. The van der Waals surface area contributed by atoms with Crippen molar-refractivity contribution < 1.29 is 19.4 Å². The highest BCUT2D eigenvalue weighted by Gasteiger charge is 2.06. The van der Waals surface area contributed by atoms with Gasteiger partial charge in [-0.25, -0.2) is 0 Å². The SMILES string of the molecule is C=[N+]=COc1cc(O)cc(COC(=O)CCCBr)c1. The second-order valence-corrected chi connectivity index (χ2v) is 4.49. The molecule has 1 N–H and O–H groups in total. The summed E-state index contributed by atoms with van der Waals surface area (Å²) >= 11 is 3.24. The molecule has 0 aromatic heterocycles. The number of hydrogen-bond acceptors (Lipinski definition) is 4. The first-order chi connectivity index (χ1) is 9.15. The highest BCUT2D eigenvalue weighted by molar-refractivity contribution is 9.09. The molecule has 0 amide bonds. The zero-order valence-electron chi connectivity index (χ0n) is 10.3. The van der Waals surface area contributed by atoms with E-state index in [2.05, 4.69) is 27.3 Å². The van der Waals surface area contributed by atoms with E-state index in [0.717, 1.165) is 18.2 Å². The van der Waals surface area contributed by atoms with E-state index in [0.29, 0.717) is 17.7 Å². The van der Waals surface area contributed by atoms with Crippen LogP contribution in [-0.4, -0.2) is 29.5 Å². The minimum Gasteiger partial charge on any atom is -0.508 e. The van der Waals surface area contributed by atoms with E-state index >= 15 is 0 Å². The molecule has 0 heterocycles. The summed E-state index contributed by atoms with van der Waals surface area (Å²) in [6.07, 6.45) is 2.25. The summed E-state index contributed by atoms with van der Waals surface area (Å²) in [6, 6.07) is 4.59. The molecular weight excluding hydrogens is 314 g/mol. The second kappa shape index (κ2) is 8.34. The minimum absolute atomic E-state index is 0.0291. The molecule has 0 spiro atoms. The highest BCUT2D eigenvalue weighted by Crippen LogP contribution is 2.22. The van der Waals surface area contributed by atoms with Crippen molar-refractivity contribution in [1.29, 1.82) is 0 Å². The van der Waals surface area contributed by atoms with Gasteiger partial charge in [0.25, 0.3) is 6.72 Å². The summed E-state index contributed by atoms with van der Waals surface area (Å²) in [5, 5.41) is 10.3. The van der Waals surface area contributed by atoms with Crippen molar-refractivity contribution in [3.63, 3.8) is 0 Å². The Balaban J connectivity index is 2.60. The maximum Gasteiger partial charge on any atom is 0.454 e. The molecule has 1 aromatic rings. The van der Waals surface area contributed by atoms with Crippen LogP contribution in [0.1, 0.15) is 18.4 Å². The normalized spacial score (nSPS) is 9.53. The number of rotatable bonds is 7. The Morgan fingerprint density at radius 2 is 2.26 bits per heavy atom. The molecule has 0 aliphatic carbocycles. The first-order valence-electron chi connectivity index (χ1n) is 5.64. The smallest absolute Gasteiger partial charge is 0.454 e. The zero-order valence-corrected chi connectivity index (χ0v) is 11.9. The highest BCUT2D eigenvalue weighted by atomic mass is 79.9. The molecule has 0 aliphatic heterocycles. The topological polar surface area (TPSA) is 69.9 Å². The van der Waals surface area contributed by atoms with Crippen LogP contribution in [0.2, 0.25) is 0 Å². The molecule has 1 rings (SSSR count). The van der Waals surface area contributed by atoms with Gasteiger partial charge < -0.3 is 14.6 Å². The number of alkyl halides is 1. The number of esters is 1. The summed E-state index contributed by atoms with van der Waals surface area (Å²) in [5.41, 5.74) is 0.639. The number of ether oxygens (including phenoxy) is 2. The molecule has 0 saturated carbocycles. The number of carbonyl (C=O) groups excluding carboxylic acids is 1. The molecule has 0 fully saturated rings. The molecule has 6 heteroatoms. The van der Waals surface area contributed by atoms with Crippen LogP contribution in [0.25, 0.3) is 0 Å². The number of benzene rings is 1. The molecule has 0 saturated heterocycles. The Morgan fingerprint density at radius 3 is 2.95 bits per heavy atom. The number of nitrogens with zero attached hydrogens (tertiary/aromatic N) is 1. The van der Waals surface area contributed by atoms with Crippen LogP contribution < -0.4 is 9.40 Å². The lowest BCUT2D eigenvalue weighted by molar-refractivity contribution is -0.144. The fourth-order valence-corrected chi connectivity index (χ4v) is 1.62. The van der Waals surface area contributed by atoms with Crippen LogP contribution in [0.15, 0.2) is 18.2 Å². The van der Waals surface area contributed by atoms with E-state index in [9.17, 15) is 9.90 Å². The van der Waals surface area contributed by atoms with Crippen LogP contribution in [-0.2, 0) is 16.1 Å². The van der Waals surface area contributed by atoms with E-state index in [1.54, 1.807) is 6.07 Å². The molecule has 0 aliphatic rings. The molecule has 0 unspecified atom stereocenters. The lowest BCUT2D eigenvalue weighted by Gasteiger charge is -2.06. The second-order valence-electron chi connectivity index (χ2n) is 3.69. The summed E-state index contributed by atoms with van der Waals surface area (Å²) in [5.74, 6) is 0.157. The monoisotopic (exact) mass is 328 g/mol. The van der Waals surface area contributed by atoms with Gasteiger partial charge in [-0.15, -0.1) is 0 Å². The maximum atomic E-state index is 11.4. The van der Waals surface area contributed by atoms with Gasteiger partial charge in [-0.2, -0.15) is 0 Å². The van der Waals surface area contributed by atoms with Crippen molar-refractivity contribution in [2.24, 2.45) is 0 Å². The van der Waals surface area contributed by atoms with Crippen molar-refractivity contribution in [3.05, 3.63) is 23.8 Å². The number of aromatic hydroxyl groups is 1. The molecule has 0 radical (unpaired) electrons. The average molecular weight is 329 g/mol. The fraction of sp³-hybridized carbons (Fsp3) is 0.308. The van der Waals surface area contributed by atoms with Crippen LogP contribution in [0.4, 0.5) is 0 Å². The van der Waals surface area contributed by atoms with Gasteiger partial charge in [0.2, 0.25) is 0 Å². The predicted molar refractivity (Wildman–Crippen MR) is 76.9 cm³/mol. The van der Waals surface area contributed by atoms with Crippen molar-refractivity contribution in [1.82, 2.24) is 4.67 Å². The average Bonchev–Trinajstić information content (AvgIpc) is 2.40.